The van der Waals surface area contributed by atoms with Gasteiger partial charge in [-0.05, 0) is 12.5 Å². The van der Waals surface area contributed by atoms with Crippen LogP contribution in [0.3, 0.4) is 0 Å². The highest BCUT2D eigenvalue weighted by molar-refractivity contribution is 5.85. The van der Waals surface area contributed by atoms with Crippen molar-refractivity contribution in [3.05, 3.63) is 47.6 Å². The second-order valence-electron chi connectivity index (χ2n) is 3.07. The summed E-state index contributed by atoms with van der Waals surface area (Å²) in [5.41, 5.74) is 6.90. The van der Waals surface area contributed by atoms with E-state index in [0.717, 1.165) is 5.56 Å². The minimum atomic E-state index is -0.336. The number of nitrogens with two attached hydrogens (primary N) is 1. The number of hydrogen-bond acceptors (Lipinski definition) is 4. The molecule has 0 aliphatic heterocycles. The van der Waals surface area contributed by atoms with E-state index in [1.165, 1.54) is 0 Å². The molecule has 0 bridgehead atoms. The molecule has 0 radical (unpaired) electrons. The average molecular weight is 226 g/mol. The van der Waals surface area contributed by atoms with Gasteiger partial charge in [-0.25, -0.2) is 0 Å². The maximum atomic E-state index is 5.93. The lowest BCUT2D eigenvalue weighted by Crippen LogP contribution is -2.11. The van der Waals surface area contributed by atoms with Crippen LogP contribution in [-0.2, 0) is 0 Å². The molecule has 2 rings (SSSR count). The van der Waals surface area contributed by atoms with Gasteiger partial charge in [0.1, 0.15) is 6.04 Å². The van der Waals surface area contributed by atoms with Crippen LogP contribution < -0.4 is 5.73 Å². The second kappa shape index (κ2) is 4.91. The number of aryl methyl sites for hydroxylation is 1. The zero-order valence-corrected chi connectivity index (χ0v) is 9.07. The topological polar surface area (TPSA) is 64.9 Å². The third kappa shape index (κ3) is 2.55. The van der Waals surface area contributed by atoms with Crippen LogP contribution in [0.1, 0.15) is 23.3 Å². The lowest BCUT2D eigenvalue weighted by molar-refractivity contribution is 0.364. The van der Waals surface area contributed by atoms with Gasteiger partial charge in [-0.15, -0.1) is 12.4 Å². The first-order chi connectivity index (χ1) is 6.77. The Labute approximate surface area is 93.9 Å². The van der Waals surface area contributed by atoms with E-state index in [1.54, 1.807) is 6.92 Å². The fraction of sp³-hybridized carbons (Fsp3) is 0.200. The molecule has 0 fully saturated rings. The van der Waals surface area contributed by atoms with Crippen molar-refractivity contribution in [2.24, 2.45) is 5.73 Å². The molecular formula is C10H12ClN3O. The molecule has 0 saturated carbocycles. The summed E-state index contributed by atoms with van der Waals surface area (Å²) in [6, 6.07) is 9.33. The third-order valence-corrected chi connectivity index (χ3v) is 1.97. The third-order valence-electron chi connectivity index (χ3n) is 1.97. The predicted octanol–water partition coefficient (Wildman–Crippen LogP) is 1.85. The highest BCUT2D eigenvalue weighted by Gasteiger charge is 2.14. The van der Waals surface area contributed by atoms with Gasteiger partial charge in [-0.1, -0.05) is 35.5 Å². The number of halogens is 1. The van der Waals surface area contributed by atoms with Crippen LogP contribution in [0.2, 0.25) is 0 Å². The first kappa shape index (κ1) is 11.7. The van der Waals surface area contributed by atoms with Crippen molar-refractivity contribution in [3.63, 3.8) is 0 Å². The minimum absolute atomic E-state index is 0. The Morgan fingerprint density at radius 2 is 1.93 bits per heavy atom. The zero-order valence-electron chi connectivity index (χ0n) is 8.25. The van der Waals surface area contributed by atoms with Gasteiger partial charge in [-0.2, -0.15) is 4.98 Å². The maximum absolute atomic E-state index is 5.93. The SMILES string of the molecule is Cc1noc([C@@H](N)c2ccccc2)n1.Cl. The van der Waals surface area contributed by atoms with Gasteiger partial charge < -0.3 is 10.3 Å². The molecule has 1 aromatic carbocycles. The van der Waals surface area contributed by atoms with E-state index >= 15 is 0 Å². The molecular weight excluding hydrogens is 214 g/mol. The van der Waals surface area contributed by atoms with Crippen molar-refractivity contribution >= 4 is 12.4 Å². The maximum Gasteiger partial charge on any atom is 0.248 e. The lowest BCUT2D eigenvalue weighted by atomic mass is 10.1. The first-order valence-electron chi connectivity index (χ1n) is 4.38. The fourth-order valence-electron chi connectivity index (χ4n) is 1.24. The number of nitrogens with zero attached hydrogens (tertiary/aromatic N) is 2. The van der Waals surface area contributed by atoms with Gasteiger partial charge in [0.2, 0.25) is 5.89 Å². The molecule has 15 heavy (non-hydrogen) atoms. The Balaban J connectivity index is 0.00000112. The van der Waals surface area contributed by atoms with Gasteiger partial charge in [0.05, 0.1) is 0 Å². The number of hydrogen-bond donors (Lipinski definition) is 1. The second-order valence-corrected chi connectivity index (χ2v) is 3.07. The largest absolute Gasteiger partial charge is 0.337 e. The van der Waals surface area contributed by atoms with Crippen LogP contribution in [0.4, 0.5) is 0 Å². The van der Waals surface area contributed by atoms with E-state index in [2.05, 4.69) is 10.1 Å². The highest BCUT2D eigenvalue weighted by atomic mass is 35.5. The van der Waals surface area contributed by atoms with Crippen LogP contribution >= 0.6 is 12.4 Å². The molecule has 5 heteroatoms. The standard InChI is InChI=1S/C10H11N3O.ClH/c1-7-12-10(14-13-7)9(11)8-5-3-2-4-6-8;/h2-6,9H,11H2,1H3;1H/t9-;/m0./s1. The molecule has 0 aliphatic carbocycles. The summed E-state index contributed by atoms with van der Waals surface area (Å²) in [4.78, 5) is 4.08. The average Bonchev–Trinajstić information content (AvgIpc) is 2.65. The molecule has 1 aromatic heterocycles. The van der Waals surface area contributed by atoms with Crippen LogP contribution in [0.25, 0.3) is 0 Å². The molecule has 0 unspecified atom stereocenters. The Morgan fingerprint density at radius 3 is 2.47 bits per heavy atom. The molecule has 0 saturated heterocycles. The molecule has 2 aromatic rings. The Hall–Kier alpha value is -1.39. The molecule has 1 heterocycles. The first-order valence-corrected chi connectivity index (χ1v) is 4.38. The summed E-state index contributed by atoms with van der Waals surface area (Å²) in [6.07, 6.45) is 0. The molecule has 2 N–H and O–H groups in total. The monoisotopic (exact) mass is 225 g/mol. The van der Waals surface area contributed by atoms with E-state index in [0.29, 0.717) is 11.7 Å². The summed E-state index contributed by atoms with van der Waals surface area (Å²) < 4.78 is 4.99. The number of rotatable bonds is 2. The van der Waals surface area contributed by atoms with Crippen molar-refractivity contribution in [1.82, 2.24) is 10.1 Å². The van der Waals surface area contributed by atoms with E-state index < -0.39 is 0 Å². The summed E-state index contributed by atoms with van der Waals surface area (Å²) in [5.74, 6) is 1.06. The quantitative estimate of drug-likeness (QED) is 0.847. The van der Waals surface area contributed by atoms with Crippen LogP contribution in [-0.4, -0.2) is 10.1 Å². The van der Waals surface area contributed by atoms with Gasteiger partial charge >= 0.3 is 0 Å². The summed E-state index contributed by atoms with van der Waals surface area (Å²) >= 11 is 0. The minimum Gasteiger partial charge on any atom is -0.337 e. The normalized spacial score (nSPS) is 11.9. The van der Waals surface area contributed by atoms with E-state index in [9.17, 15) is 0 Å². The van der Waals surface area contributed by atoms with Crippen molar-refractivity contribution < 1.29 is 4.52 Å². The summed E-state index contributed by atoms with van der Waals surface area (Å²) in [7, 11) is 0. The van der Waals surface area contributed by atoms with Crippen LogP contribution in [0.5, 0.6) is 0 Å². The smallest absolute Gasteiger partial charge is 0.248 e. The summed E-state index contributed by atoms with van der Waals surface area (Å²) in [6.45, 7) is 1.77. The van der Waals surface area contributed by atoms with Gasteiger partial charge in [0, 0.05) is 0 Å². The highest BCUT2D eigenvalue weighted by Crippen LogP contribution is 2.16. The van der Waals surface area contributed by atoms with Crippen molar-refractivity contribution in [2.75, 3.05) is 0 Å². The number of benzene rings is 1. The number of aromatic nitrogens is 2. The molecule has 0 aliphatic rings. The van der Waals surface area contributed by atoms with Gasteiger partial charge in [0.25, 0.3) is 0 Å². The molecule has 80 valence electrons. The molecule has 0 amide bonds. The van der Waals surface area contributed by atoms with Crippen LogP contribution in [0, 0.1) is 6.92 Å². The Morgan fingerprint density at radius 1 is 1.27 bits per heavy atom. The van der Waals surface area contributed by atoms with Crippen LogP contribution in [0.15, 0.2) is 34.9 Å². The lowest BCUT2D eigenvalue weighted by Gasteiger charge is -2.05. The van der Waals surface area contributed by atoms with Gasteiger partial charge in [-0.3, -0.25) is 0 Å². The van der Waals surface area contributed by atoms with E-state index in [4.69, 9.17) is 10.3 Å². The zero-order chi connectivity index (χ0) is 9.97. The molecule has 4 nitrogen and oxygen atoms in total. The Bertz CT molecular complexity index is 416. The van der Waals surface area contributed by atoms with Crippen molar-refractivity contribution in [2.45, 2.75) is 13.0 Å². The van der Waals surface area contributed by atoms with Gasteiger partial charge in [0.15, 0.2) is 5.82 Å². The molecule has 1 atom stereocenters. The summed E-state index contributed by atoms with van der Waals surface area (Å²) in [5, 5.41) is 3.70. The van der Waals surface area contributed by atoms with E-state index in [-0.39, 0.29) is 18.4 Å². The van der Waals surface area contributed by atoms with Crippen molar-refractivity contribution in [1.29, 1.82) is 0 Å². The van der Waals surface area contributed by atoms with Crippen molar-refractivity contribution in [3.8, 4) is 0 Å². The van der Waals surface area contributed by atoms with E-state index in [1.807, 2.05) is 30.3 Å². The Kier molecular flexibility index (Phi) is 3.82. The molecule has 0 spiro atoms. The predicted molar refractivity (Wildman–Crippen MR) is 58.8 cm³/mol. The fourth-order valence-corrected chi connectivity index (χ4v) is 1.24.